The number of nitrogens with one attached hydrogen (secondary N) is 1. The molecular formula is C22H27N5O2S. The summed E-state index contributed by atoms with van der Waals surface area (Å²) in [6.07, 6.45) is 5.85. The van der Waals surface area contributed by atoms with E-state index in [9.17, 15) is 9.59 Å². The second-order valence-corrected chi connectivity index (χ2v) is 9.34. The van der Waals surface area contributed by atoms with E-state index in [1.807, 2.05) is 49.6 Å². The van der Waals surface area contributed by atoms with Crippen LogP contribution >= 0.6 is 11.8 Å². The van der Waals surface area contributed by atoms with Gasteiger partial charge in [0.1, 0.15) is 5.82 Å². The van der Waals surface area contributed by atoms with Gasteiger partial charge in [0.2, 0.25) is 5.91 Å². The predicted octanol–water partition coefficient (Wildman–Crippen LogP) is 4.41. The van der Waals surface area contributed by atoms with Crippen molar-refractivity contribution < 1.29 is 4.79 Å². The summed E-state index contributed by atoms with van der Waals surface area (Å²) in [6, 6.07) is 9.51. The third-order valence-electron chi connectivity index (χ3n) is 5.53. The highest BCUT2D eigenvalue weighted by molar-refractivity contribution is 8.00. The number of nitrogens with zero attached hydrogens (tertiary/aromatic N) is 4. The van der Waals surface area contributed by atoms with E-state index in [0.717, 1.165) is 25.7 Å². The molecule has 0 spiro atoms. The minimum atomic E-state index is -0.416. The van der Waals surface area contributed by atoms with Crippen molar-refractivity contribution in [1.82, 2.24) is 19.3 Å². The first kappa shape index (κ1) is 20.7. The molecule has 0 bridgehead atoms. The molecule has 1 saturated carbocycles. The van der Waals surface area contributed by atoms with Crippen molar-refractivity contribution in [2.45, 2.75) is 68.9 Å². The monoisotopic (exact) mass is 425 g/mol. The van der Waals surface area contributed by atoms with Crippen molar-refractivity contribution >= 4 is 34.4 Å². The molecule has 3 aromatic rings. The molecular weight excluding hydrogens is 398 g/mol. The fraction of sp³-hybridized carbons (Fsp3) is 0.455. The Labute approximate surface area is 179 Å². The maximum Gasteiger partial charge on any atom is 0.262 e. The van der Waals surface area contributed by atoms with Crippen LogP contribution in [-0.4, -0.2) is 30.5 Å². The summed E-state index contributed by atoms with van der Waals surface area (Å²) in [6.45, 7) is 5.87. The number of aromatic nitrogens is 4. The zero-order valence-corrected chi connectivity index (χ0v) is 18.4. The van der Waals surface area contributed by atoms with Gasteiger partial charge in [-0.2, -0.15) is 5.10 Å². The van der Waals surface area contributed by atoms with Crippen LogP contribution in [0, 0.1) is 0 Å². The number of carbonyl (C=O) groups is 1. The average Bonchev–Trinajstić information content (AvgIpc) is 3.40. The van der Waals surface area contributed by atoms with Crippen LogP contribution in [0.15, 0.2) is 46.5 Å². The van der Waals surface area contributed by atoms with Gasteiger partial charge in [0.25, 0.3) is 5.56 Å². The Morgan fingerprint density at radius 1 is 1.17 bits per heavy atom. The van der Waals surface area contributed by atoms with Crippen molar-refractivity contribution in [3.63, 3.8) is 0 Å². The molecule has 2 heterocycles. The number of carbonyl (C=O) groups excluding carboxylic acids is 1. The Morgan fingerprint density at radius 3 is 2.63 bits per heavy atom. The van der Waals surface area contributed by atoms with Crippen molar-refractivity contribution in [1.29, 1.82) is 0 Å². The third-order valence-corrected chi connectivity index (χ3v) is 6.59. The Bertz CT molecular complexity index is 1110. The minimum Gasteiger partial charge on any atom is -0.310 e. The van der Waals surface area contributed by atoms with Crippen LogP contribution in [0.2, 0.25) is 0 Å². The van der Waals surface area contributed by atoms with Gasteiger partial charge in [0.15, 0.2) is 5.16 Å². The highest BCUT2D eigenvalue weighted by Crippen LogP contribution is 2.33. The van der Waals surface area contributed by atoms with E-state index in [1.165, 1.54) is 11.8 Å². The molecule has 1 N–H and O–H groups in total. The summed E-state index contributed by atoms with van der Waals surface area (Å²) in [5.74, 6) is 0.532. The molecule has 1 aliphatic rings. The number of anilines is 1. The molecule has 30 heavy (non-hydrogen) atoms. The number of hydrogen-bond acceptors (Lipinski definition) is 5. The van der Waals surface area contributed by atoms with E-state index >= 15 is 0 Å². The Morgan fingerprint density at radius 2 is 1.90 bits per heavy atom. The molecule has 0 saturated heterocycles. The van der Waals surface area contributed by atoms with Crippen LogP contribution in [0.25, 0.3) is 10.9 Å². The van der Waals surface area contributed by atoms with Gasteiger partial charge in [-0.1, -0.05) is 36.7 Å². The van der Waals surface area contributed by atoms with Crippen LogP contribution < -0.4 is 10.9 Å². The van der Waals surface area contributed by atoms with Crippen LogP contribution in [0.3, 0.4) is 0 Å². The summed E-state index contributed by atoms with van der Waals surface area (Å²) < 4.78 is 3.60. The van der Waals surface area contributed by atoms with Gasteiger partial charge in [-0.3, -0.25) is 14.2 Å². The van der Waals surface area contributed by atoms with Crippen molar-refractivity contribution in [2.24, 2.45) is 0 Å². The van der Waals surface area contributed by atoms with E-state index in [-0.39, 0.29) is 23.6 Å². The number of hydrogen-bond donors (Lipinski definition) is 1. The van der Waals surface area contributed by atoms with Crippen molar-refractivity contribution in [3.05, 3.63) is 46.9 Å². The molecule has 158 valence electrons. The molecule has 1 aliphatic carbocycles. The summed E-state index contributed by atoms with van der Waals surface area (Å²) in [5.41, 5.74) is 0.658. The highest BCUT2D eigenvalue weighted by Gasteiger charge is 2.26. The third kappa shape index (κ3) is 4.01. The number of benzene rings is 1. The molecule has 0 unspecified atom stereocenters. The van der Waals surface area contributed by atoms with E-state index in [4.69, 9.17) is 4.98 Å². The summed E-state index contributed by atoms with van der Waals surface area (Å²) >= 11 is 1.34. The van der Waals surface area contributed by atoms with E-state index in [2.05, 4.69) is 10.4 Å². The number of thioether (sulfide) groups is 1. The van der Waals surface area contributed by atoms with E-state index in [1.54, 1.807) is 16.9 Å². The number of fused-ring (bicyclic) bond motifs is 1. The van der Waals surface area contributed by atoms with E-state index < -0.39 is 5.25 Å². The molecule has 0 radical (unpaired) electrons. The lowest BCUT2D eigenvalue weighted by Crippen LogP contribution is -2.29. The van der Waals surface area contributed by atoms with Crippen molar-refractivity contribution in [2.75, 3.05) is 5.32 Å². The van der Waals surface area contributed by atoms with Gasteiger partial charge in [0, 0.05) is 18.2 Å². The molecule has 8 heteroatoms. The van der Waals surface area contributed by atoms with Crippen LogP contribution in [-0.2, 0) is 4.79 Å². The van der Waals surface area contributed by atoms with Crippen molar-refractivity contribution in [3.8, 4) is 0 Å². The Hall–Kier alpha value is -2.61. The second kappa shape index (κ2) is 8.63. The molecule has 4 rings (SSSR count). The number of rotatable bonds is 6. The molecule has 1 fully saturated rings. The first-order valence-corrected chi connectivity index (χ1v) is 11.4. The molecule has 7 nitrogen and oxygen atoms in total. The number of para-hydroxylation sites is 1. The van der Waals surface area contributed by atoms with E-state index in [0.29, 0.717) is 21.9 Å². The first-order chi connectivity index (χ1) is 14.5. The fourth-order valence-corrected chi connectivity index (χ4v) is 4.94. The smallest absolute Gasteiger partial charge is 0.262 e. The van der Waals surface area contributed by atoms with Gasteiger partial charge >= 0.3 is 0 Å². The Balaban J connectivity index is 1.63. The normalized spacial score (nSPS) is 15.7. The van der Waals surface area contributed by atoms with Gasteiger partial charge < -0.3 is 5.32 Å². The zero-order valence-electron chi connectivity index (χ0n) is 17.5. The Kier molecular flexibility index (Phi) is 5.94. The van der Waals surface area contributed by atoms with Gasteiger partial charge in [-0.15, -0.1) is 0 Å². The fourth-order valence-electron chi connectivity index (χ4n) is 3.96. The minimum absolute atomic E-state index is 0.0134. The average molecular weight is 426 g/mol. The SMILES string of the molecule is CC(C)n1nccc1NC(=O)[C@@H](C)Sc1nc2ccccc2c(=O)n1C1CCCC1. The molecule has 1 amide bonds. The van der Waals surface area contributed by atoms with Gasteiger partial charge in [0.05, 0.1) is 22.3 Å². The lowest BCUT2D eigenvalue weighted by atomic mass is 10.2. The predicted molar refractivity (Wildman–Crippen MR) is 120 cm³/mol. The van der Waals surface area contributed by atoms with Gasteiger partial charge in [-0.05, 0) is 45.7 Å². The van der Waals surface area contributed by atoms with Crippen LogP contribution in [0.1, 0.15) is 58.5 Å². The zero-order chi connectivity index (χ0) is 21.3. The highest BCUT2D eigenvalue weighted by atomic mass is 32.2. The molecule has 1 aromatic carbocycles. The standard InChI is InChI=1S/C22H27N5O2S/c1-14(2)27-19(12-13-23-27)25-20(28)15(3)30-22-24-18-11-7-6-10-17(18)21(29)26(22)16-8-4-5-9-16/h6-7,10-16H,4-5,8-9H2,1-3H3,(H,25,28)/t15-/m1/s1. The van der Waals surface area contributed by atoms with Crippen LogP contribution in [0.4, 0.5) is 5.82 Å². The van der Waals surface area contributed by atoms with Gasteiger partial charge in [-0.25, -0.2) is 9.67 Å². The summed E-state index contributed by atoms with van der Waals surface area (Å²) in [4.78, 5) is 30.9. The quantitative estimate of drug-likeness (QED) is 0.467. The maximum atomic E-state index is 13.3. The molecule has 2 aromatic heterocycles. The first-order valence-electron chi connectivity index (χ1n) is 10.5. The molecule has 0 aliphatic heterocycles. The second-order valence-electron chi connectivity index (χ2n) is 8.03. The number of amides is 1. The topological polar surface area (TPSA) is 81.8 Å². The largest absolute Gasteiger partial charge is 0.310 e. The lowest BCUT2D eigenvalue weighted by molar-refractivity contribution is -0.115. The maximum absolute atomic E-state index is 13.3. The summed E-state index contributed by atoms with van der Waals surface area (Å²) in [5, 5.41) is 8.05. The summed E-state index contributed by atoms with van der Waals surface area (Å²) in [7, 11) is 0. The lowest BCUT2D eigenvalue weighted by Gasteiger charge is -2.20. The van der Waals surface area contributed by atoms with Crippen LogP contribution in [0.5, 0.6) is 0 Å². The molecule has 1 atom stereocenters.